The normalized spacial score (nSPS) is 33.7. The quantitative estimate of drug-likeness (QED) is 0.635. The summed E-state index contributed by atoms with van der Waals surface area (Å²) in [5, 5.41) is 0. The summed E-state index contributed by atoms with van der Waals surface area (Å²) in [5.41, 5.74) is 4.80. The molecule has 0 bridgehead atoms. The summed E-state index contributed by atoms with van der Waals surface area (Å²) in [6.45, 7) is 11.7. The molecule has 0 spiro atoms. The van der Waals surface area contributed by atoms with Gasteiger partial charge in [-0.3, -0.25) is 0 Å². The number of hydrogen-bond acceptors (Lipinski definition) is 0. The van der Waals surface area contributed by atoms with Crippen LogP contribution >= 0.6 is 0 Å². The molecule has 0 aromatic heterocycles. The van der Waals surface area contributed by atoms with Crippen LogP contribution in [0.2, 0.25) is 0 Å². The second kappa shape index (κ2) is 4.48. The maximum Gasteiger partial charge on any atom is -0.00494 e. The summed E-state index contributed by atoms with van der Waals surface area (Å²) in [6.07, 6.45) is 4.11. The highest BCUT2D eigenvalue weighted by atomic mass is 14.4. The third kappa shape index (κ3) is 2.27. The van der Waals surface area contributed by atoms with Gasteiger partial charge in [-0.1, -0.05) is 39.0 Å². The molecule has 0 radical (unpaired) electrons. The summed E-state index contributed by atoms with van der Waals surface area (Å²) in [5.74, 6) is 1.71. The summed E-state index contributed by atoms with van der Waals surface area (Å²) in [4.78, 5) is 0. The number of hydrogen-bond donors (Lipinski definition) is 0. The maximum atomic E-state index is 2.47. The van der Waals surface area contributed by atoms with Gasteiger partial charge in [0.25, 0.3) is 0 Å². The molecule has 17 heavy (non-hydrogen) atoms. The van der Waals surface area contributed by atoms with Gasteiger partial charge in [0.15, 0.2) is 0 Å². The van der Waals surface area contributed by atoms with Crippen LogP contribution in [0, 0.1) is 25.7 Å². The Kier molecular flexibility index (Phi) is 3.34. The van der Waals surface area contributed by atoms with Crippen molar-refractivity contribution in [3.05, 3.63) is 34.9 Å². The van der Waals surface area contributed by atoms with Crippen LogP contribution in [0.15, 0.2) is 18.2 Å². The van der Waals surface area contributed by atoms with Crippen molar-refractivity contribution in [2.24, 2.45) is 11.8 Å². The van der Waals surface area contributed by atoms with Crippen LogP contribution in [0.25, 0.3) is 0 Å². The Morgan fingerprint density at radius 3 is 2.41 bits per heavy atom. The molecule has 1 aliphatic rings. The van der Waals surface area contributed by atoms with E-state index in [0.717, 1.165) is 11.8 Å². The van der Waals surface area contributed by atoms with E-state index in [2.05, 4.69) is 52.8 Å². The molecule has 0 heteroatoms. The van der Waals surface area contributed by atoms with Crippen molar-refractivity contribution in [1.82, 2.24) is 0 Å². The minimum Gasteiger partial charge on any atom is -0.0625 e. The van der Waals surface area contributed by atoms with Crippen molar-refractivity contribution >= 4 is 0 Å². The molecule has 0 amide bonds. The molecule has 1 aromatic rings. The fraction of sp³-hybridized carbons (Fsp3) is 0.647. The summed E-state index contributed by atoms with van der Waals surface area (Å²) < 4.78 is 0. The third-order valence-corrected chi connectivity index (χ3v) is 5.17. The van der Waals surface area contributed by atoms with Gasteiger partial charge in [0.2, 0.25) is 0 Å². The zero-order chi connectivity index (χ0) is 12.6. The lowest BCUT2D eigenvalue weighted by molar-refractivity contribution is 0.176. The van der Waals surface area contributed by atoms with Crippen LogP contribution in [-0.2, 0) is 5.41 Å². The third-order valence-electron chi connectivity index (χ3n) is 5.17. The molecule has 0 saturated heterocycles. The van der Waals surface area contributed by atoms with Gasteiger partial charge in [-0.15, -0.1) is 0 Å². The topological polar surface area (TPSA) is 0 Å². The van der Waals surface area contributed by atoms with E-state index in [0.29, 0.717) is 5.41 Å². The SMILES string of the molecule is Cc1ccc(C2(C)CCC(C)CC2C)cc1C. The average Bonchev–Trinajstić information content (AvgIpc) is 2.28. The highest BCUT2D eigenvalue weighted by Gasteiger charge is 2.37. The van der Waals surface area contributed by atoms with E-state index >= 15 is 0 Å². The number of rotatable bonds is 1. The van der Waals surface area contributed by atoms with E-state index in [1.807, 2.05) is 0 Å². The molecule has 0 aliphatic heterocycles. The lowest BCUT2D eigenvalue weighted by atomic mass is 9.62. The predicted molar refractivity (Wildman–Crippen MR) is 75.4 cm³/mol. The van der Waals surface area contributed by atoms with Crippen molar-refractivity contribution in [3.8, 4) is 0 Å². The molecule has 3 atom stereocenters. The molecule has 2 rings (SSSR count). The predicted octanol–water partition coefficient (Wildman–Crippen LogP) is 5.02. The van der Waals surface area contributed by atoms with Gasteiger partial charge in [-0.25, -0.2) is 0 Å². The van der Waals surface area contributed by atoms with Crippen molar-refractivity contribution in [2.75, 3.05) is 0 Å². The van der Waals surface area contributed by atoms with Gasteiger partial charge in [0, 0.05) is 0 Å². The molecule has 1 saturated carbocycles. The van der Waals surface area contributed by atoms with Gasteiger partial charge in [-0.2, -0.15) is 0 Å². The largest absolute Gasteiger partial charge is 0.0625 e. The highest BCUT2D eigenvalue weighted by molar-refractivity contribution is 5.35. The van der Waals surface area contributed by atoms with Crippen LogP contribution in [0.3, 0.4) is 0 Å². The van der Waals surface area contributed by atoms with Crippen LogP contribution in [0.5, 0.6) is 0 Å². The zero-order valence-corrected chi connectivity index (χ0v) is 12.0. The van der Waals surface area contributed by atoms with E-state index in [1.54, 1.807) is 5.56 Å². The average molecular weight is 230 g/mol. The molecule has 1 aliphatic carbocycles. The molecular weight excluding hydrogens is 204 g/mol. The molecule has 94 valence electrons. The Hall–Kier alpha value is -0.780. The van der Waals surface area contributed by atoms with Crippen LogP contribution in [0.1, 0.15) is 56.7 Å². The summed E-state index contributed by atoms with van der Waals surface area (Å²) in [7, 11) is 0. The van der Waals surface area contributed by atoms with Gasteiger partial charge in [0.05, 0.1) is 0 Å². The van der Waals surface area contributed by atoms with Crippen molar-refractivity contribution < 1.29 is 0 Å². The van der Waals surface area contributed by atoms with E-state index < -0.39 is 0 Å². The highest BCUT2D eigenvalue weighted by Crippen LogP contribution is 2.45. The van der Waals surface area contributed by atoms with Crippen molar-refractivity contribution in [1.29, 1.82) is 0 Å². The molecule has 3 unspecified atom stereocenters. The Balaban J connectivity index is 2.34. The van der Waals surface area contributed by atoms with Crippen molar-refractivity contribution in [3.63, 3.8) is 0 Å². The second-order valence-electron chi connectivity index (χ2n) is 6.50. The lowest BCUT2D eigenvalue weighted by Gasteiger charge is -2.43. The molecule has 1 aromatic carbocycles. The van der Waals surface area contributed by atoms with Crippen molar-refractivity contribution in [2.45, 2.75) is 59.3 Å². The number of aryl methyl sites for hydroxylation is 2. The van der Waals surface area contributed by atoms with Crippen LogP contribution < -0.4 is 0 Å². The Bertz CT molecular complexity index is 404. The van der Waals surface area contributed by atoms with E-state index in [-0.39, 0.29) is 0 Å². The lowest BCUT2D eigenvalue weighted by Crippen LogP contribution is -2.36. The first-order valence-corrected chi connectivity index (χ1v) is 7.01. The summed E-state index contributed by atoms with van der Waals surface area (Å²) >= 11 is 0. The van der Waals surface area contributed by atoms with Gasteiger partial charge < -0.3 is 0 Å². The van der Waals surface area contributed by atoms with Gasteiger partial charge in [0.1, 0.15) is 0 Å². The minimum absolute atomic E-state index is 0.394. The van der Waals surface area contributed by atoms with E-state index in [1.165, 1.54) is 30.4 Å². The summed E-state index contributed by atoms with van der Waals surface area (Å²) in [6, 6.07) is 7.07. The Morgan fingerprint density at radius 2 is 1.82 bits per heavy atom. The smallest absolute Gasteiger partial charge is 0.00494 e. The van der Waals surface area contributed by atoms with Gasteiger partial charge >= 0.3 is 0 Å². The second-order valence-corrected chi connectivity index (χ2v) is 6.50. The first kappa shape index (κ1) is 12.7. The zero-order valence-electron chi connectivity index (χ0n) is 12.0. The monoisotopic (exact) mass is 230 g/mol. The Morgan fingerprint density at radius 1 is 1.12 bits per heavy atom. The first-order valence-electron chi connectivity index (χ1n) is 7.01. The fourth-order valence-electron chi connectivity index (χ4n) is 3.30. The van der Waals surface area contributed by atoms with Crippen LogP contribution in [-0.4, -0.2) is 0 Å². The van der Waals surface area contributed by atoms with E-state index in [9.17, 15) is 0 Å². The first-order chi connectivity index (χ1) is 7.93. The Labute approximate surface area is 106 Å². The maximum absolute atomic E-state index is 2.47. The van der Waals surface area contributed by atoms with Gasteiger partial charge in [-0.05, 0) is 67.1 Å². The fourth-order valence-corrected chi connectivity index (χ4v) is 3.30. The van der Waals surface area contributed by atoms with Crippen LogP contribution in [0.4, 0.5) is 0 Å². The molecular formula is C17H26. The molecule has 0 nitrogen and oxygen atoms in total. The molecule has 1 fully saturated rings. The molecule has 0 N–H and O–H groups in total. The molecule has 0 heterocycles. The van der Waals surface area contributed by atoms with E-state index in [4.69, 9.17) is 0 Å². The number of benzene rings is 1. The standard InChI is InChI=1S/C17H26/c1-12-8-9-17(5,15(4)10-12)16-7-6-13(2)14(3)11-16/h6-7,11-12,15H,8-10H2,1-5H3. The minimum atomic E-state index is 0.394.